The molecule has 3 rings (SSSR count). The van der Waals surface area contributed by atoms with Gasteiger partial charge in [0.2, 0.25) is 5.91 Å². The predicted octanol–water partition coefficient (Wildman–Crippen LogP) is 2.53. The molecule has 1 unspecified atom stereocenters. The molecule has 3 aromatic rings. The van der Waals surface area contributed by atoms with E-state index in [4.69, 9.17) is 0 Å². The van der Waals surface area contributed by atoms with Gasteiger partial charge in [0.25, 0.3) is 5.56 Å². The van der Waals surface area contributed by atoms with Crippen molar-refractivity contribution in [1.82, 2.24) is 20.1 Å². The van der Waals surface area contributed by atoms with Crippen molar-refractivity contribution in [3.8, 4) is 11.3 Å². The third kappa shape index (κ3) is 4.67. The van der Waals surface area contributed by atoms with Crippen LogP contribution in [0.5, 0.6) is 0 Å². The van der Waals surface area contributed by atoms with Crippen molar-refractivity contribution in [3.63, 3.8) is 0 Å². The van der Waals surface area contributed by atoms with Crippen LogP contribution in [0.15, 0.2) is 65.7 Å². The first-order chi connectivity index (χ1) is 13.0. The van der Waals surface area contributed by atoms with Gasteiger partial charge < -0.3 is 5.32 Å². The van der Waals surface area contributed by atoms with Crippen molar-refractivity contribution in [2.45, 2.75) is 26.3 Å². The first-order valence-electron chi connectivity index (χ1n) is 8.88. The molecule has 1 atom stereocenters. The number of aromatic nitrogens is 3. The highest BCUT2D eigenvalue weighted by Crippen LogP contribution is 2.16. The molecule has 0 aliphatic carbocycles. The van der Waals surface area contributed by atoms with Crippen LogP contribution in [0.4, 0.5) is 0 Å². The fourth-order valence-electron chi connectivity index (χ4n) is 2.72. The van der Waals surface area contributed by atoms with Crippen LogP contribution < -0.4 is 10.9 Å². The molecule has 6 heteroatoms. The second kappa shape index (κ2) is 8.40. The lowest BCUT2D eigenvalue weighted by molar-refractivity contribution is -0.124. The van der Waals surface area contributed by atoms with Crippen LogP contribution in [0.25, 0.3) is 11.3 Å². The molecule has 0 aliphatic heterocycles. The number of amides is 1. The molecule has 0 fully saturated rings. The third-order valence-electron chi connectivity index (χ3n) is 4.38. The fraction of sp³-hybridized carbons (Fsp3) is 0.238. The van der Waals surface area contributed by atoms with Gasteiger partial charge in [-0.3, -0.25) is 14.6 Å². The quantitative estimate of drug-likeness (QED) is 0.731. The summed E-state index contributed by atoms with van der Waals surface area (Å²) in [5.41, 5.74) is 3.50. The van der Waals surface area contributed by atoms with Gasteiger partial charge >= 0.3 is 0 Å². The Balaban J connectivity index is 1.70. The Hall–Kier alpha value is -3.28. The van der Waals surface area contributed by atoms with E-state index in [9.17, 15) is 9.59 Å². The predicted molar refractivity (Wildman–Crippen MR) is 104 cm³/mol. The van der Waals surface area contributed by atoms with E-state index in [1.807, 2.05) is 43.3 Å². The molecule has 2 aromatic heterocycles. The number of hydrogen-bond donors (Lipinski definition) is 1. The molecule has 0 saturated heterocycles. The Labute approximate surface area is 157 Å². The van der Waals surface area contributed by atoms with Crippen LogP contribution >= 0.6 is 0 Å². The van der Waals surface area contributed by atoms with Crippen LogP contribution in [0, 0.1) is 6.92 Å². The number of carbonyl (C=O) groups is 1. The molecule has 1 amide bonds. The van der Waals surface area contributed by atoms with Crippen molar-refractivity contribution < 1.29 is 4.79 Å². The van der Waals surface area contributed by atoms with E-state index in [1.165, 1.54) is 10.7 Å². The lowest BCUT2D eigenvalue weighted by Gasteiger charge is -2.15. The molecule has 138 valence electrons. The minimum atomic E-state index is -0.694. The lowest BCUT2D eigenvalue weighted by atomic mass is 10.1. The lowest BCUT2D eigenvalue weighted by Crippen LogP contribution is -2.37. The summed E-state index contributed by atoms with van der Waals surface area (Å²) >= 11 is 0. The summed E-state index contributed by atoms with van der Waals surface area (Å²) in [6, 6.07) is 14.1. The maximum Gasteiger partial charge on any atom is 0.267 e. The third-order valence-corrected chi connectivity index (χ3v) is 4.38. The maximum atomic E-state index is 12.5. The second-order valence-corrected chi connectivity index (χ2v) is 6.44. The highest BCUT2D eigenvalue weighted by molar-refractivity contribution is 5.79. The summed E-state index contributed by atoms with van der Waals surface area (Å²) in [6.07, 6.45) is 4.15. The number of benzene rings is 1. The van der Waals surface area contributed by atoms with Gasteiger partial charge in [-0.15, -0.1) is 0 Å². The summed E-state index contributed by atoms with van der Waals surface area (Å²) in [4.78, 5) is 28.6. The minimum absolute atomic E-state index is 0.236. The average Bonchev–Trinajstić information content (AvgIpc) is 2.69. The van der Waals surface area contributed by atoms with E-state index in [0.29, 0.717) is 18.7 Å². The monoisotopic (exact) mass is 362 g/mol. The van der Waals surface area contributed by atoms with E-state index >= 15 is 0 Å². The molecule has 1 N–H and O–H groups in total. The summed E-state index contributed by atoms with van der Waals surface area (Å²) in [5, 5.41) is 7.26. The van der Waals surface area contributed by atoms with Crippen molar-refractivity contribution >= 4 is 5.91 Å². The maximum absolute atomic E-state index is 12.5. The topological polar surface area (TPSA) is 76.9 Å². The molecule has 6 nitrogen and oxygen atoms in total. The van der Waals surface area contributed by atoms with Gasteiger partial charge in [0.15, 0.2) is 0 Å². The Kier molecular flexibility index (Phi) is 5.76. The number of nitrogens with zero attached hydrogens (tertiary/aromatic N) is 3. The van der Waals surface area contributed by atoms with Crippen molar-refractivity contribution in [1.29, 1.82) is 0 Å². The molecule has 0 radical (unpaired) electrons. The Bertz CT molecular complexity index is 965. The van der Waals surface area contributed by atoms with Gasteiger partial charge in [-0.05, 0) is 44.0 Å². The first kappa shape index (κ1) is 18.5. The summed E-state index contributed by atoms with van der Waals surface area (Å²) < 4.78 is 1.23. The molecular formula is C21H22N4O2. The van der Waals surface area contributed by atoms with E-state index in [2.05, 4.69) is 15.4 Å². The van der Waals surface area contributed by atoms with E-state index in [-0.39, 0.29) is 11.5 Å². The highest BCUT2D eigenvalue weighted by atomic mass is 16.2. The largest absolute Gasteiger partial charge is 0.354 e. The molecule has 0 saturated carbocycles. The smallest absolute Gasteiger partial charge is 0.267 e. The van der Waals surface area contributed by atoms with Gasteiger partial charge in [0, 0.05) is 30.6 Å². The van der Waals surface area contributed by atoms with Crippen LogP contribution in [-0.2, 0) is 11.2 Å². The zero-order chi connectivity index (χ0) is 19.2. The molecule has 0 aliphatic rings. The van der Waals surface area contributed by atoms with Crippen LogP contribution in [0.1, 0.15) is 24.1 Å². The Morgan fingerprint density at radius 3 is 2.48 bits per heavy atom. The zero-order valence-corrected chi connectivity index (χ0v) is 15.4. The minimum Gasteiger partial charge on any atom is -0.354 e. The number of nitrogens with one attached hydrogen (secondary N) is 1. The molecular weight excluding hydrogens is 340 g/mol. The average molecular weight is 362 g/mol. The van der Waals surface area contributed by atoms with Crippen molar-refractivity contribution in [2.75, 3.05) is 6.54 Å². The number of aryl methyl sites for hydroxylation is 1. The second-order valence-electron chi connectivity index (χ2n) is 6.44. The summed E-state index contributed by atoms with van der Waals surface area (Å²) in [6.45, 7) is 4.17. The van der Waals surface area contributed by atoms with E-state index in [0.717, 1.165) is 16.7 Å². The standard InChI is InChI=1S/C21H22N4O2/c1-15-3-5-18(6-4-15)19-7-8-20(26)25(24-19)16(2)21(27)23-14-11-17-9-12-22-13-10-17/h3-10,12-13,16H,11,14H2,1-2H3,(H,23,27). The van der Waals surface area contributed by atoms with Gasteiger partial charge in [0.05, 0.1) is 5.69 Å². The number of hydrogen-bond acceptors (Lipinski definition) is 4. The number of pyridine rings is 1. The van der Waals surface area contributed by atoms with Gasteiger partial charge in [-0.2, -0.15) is 5.10 Å². The van der Waals surface area contributed by atoms with Gasteiger partial charge in [0.1, 0.15) is 6.04 Å². The molecule has 0 bridgehead atoms. The van der Waals surface area contributed by atoms with Crippen molar-refractivity contribution in [2.24, 2.45) is 0 Å². The SMILES string of the molecule is Cc1ccc(-c2ccc(=O)n(C(C)C(=O)NCCc3ccncc3)n2)cc1. The number of carbonyl (C=O) groups excluding carboxylic acids is 1. The summed E-state index contributed by atoms with van der Waals surface area (Å²) in [7, 11) is 0. The van der Waals surface area contributed by atoms with Gasteiger partial charge in [-0.25, -0.2) is 4.68 Å². The van der Waals surface area contributed by atoms with Gasteiger partial charge in [-0.1, -0.05) is 29.8 Å². The molecule has 2 heterocycles. The summed E-state index contributed by atoms with van der Waals surface area (Å²) in [5.74, 6) is -0.236. The van der Waals surface area contributed by atoms with E-state index < -0.39 is 6.04 Å². The van der Waals surface area contributed by atoms with Crippen LogP contribution in [-0.4, -0.2) is 27.2 Å². The van der Waals surface area contributed by atoms with Crippen molar-refractivity contribution in [3.05, 3.63) is 82.4 Å². The highest BCUT2D eigenvalue weighted by Gasteiger charge is 2.17. The number of rotatable bonds is 6. The normalized spacial score (nSPS) is 11.8. The van der Waals surface area contributed by atoms with E-state index in [1.54, 1.807) is 25.4 Å². The van der Waals surface area contributed by atoms with Crippen LogP contribution in [0.2, 0.25) is 0 Å². The molecule has 0 spiro atoms. The Morgan fingerprint density at radius 1 is 1.07 bits per heavy atom. The molecule has 27 heavy (non-hydrogen) atoms. The Morgan fingerprint density at radius 2 is 1.78 bits per heavy atom. The van der Waals surface area contributed by atoms with Crippen LogP contribution in [0.3, 0.4) is 0 Å². The fourth-order valence-corrected chi connectivity index (χ4v) is 2.72. The molecule has 1 aromatic carbocycles. The zero-order valence-electron chi connectivity index (χ0n) is 15.4. The first-order valence-corrected chi connectivity index (χ1v) is 8.88.